The van der Waals surface area contributed by atoms with Crippen LogP contribution in [0.15, 0.2) is 85.4 Å². The fourth-order valence-electron chi connectivity index (χ4n) is 6.49. The lowest BCUT2D eigenvalue weighted by Crippen LogP contribution is -2.45. The summed E-state index contributed by atoms with van der Waals surface area (Å²) in [7, 11) is 0. The molecule has 0 aliphatic heterocycles. The zero-order chi connectivity index (χ0) is 23.2. The first-order chi connectivity index (χ1) is 16.6. The quantitative estimate of drug-likeness (QED) is 0.469. The van der Waals surface area contributed by atoms with Gasteiger partial charge in [-0.05, 0) is 65.6 Å². The van der Waals surface area contributed by atoms with Crippen LogP contribution in [0, 0.1) is 17.8 Å². The van der Waals surface area contributed by atoms with Crippen molar-refractivity contribution in [2.24, 2.45) is 17.8 Å². The van der Waals surface area contributed by atoms with Gasteiger partial charge in [-0.25, -0.2) is 9.59 Å². The summed E-state index contributed by atoms with van der Waals surface area (Å²) in [4.78, 5) is 26.0. The lowest BCUT2D eigenvalue weighted by Gasteiger charge is -2.37. The third-order valence-corrected chi connectivity index (χ3v) is 7.91. The highest BCUT2D eigenvalue weighted by Crippen LogP contribution is 2.63. The highest BCUT2D eigenvalue weighted by atomic mass is 16.6. The van der Waals surface area contributed by atoms with Gasteiger partial charge in [0.05, 0.1) is 11.1 Å². The molecule has 3 aromatic carbocycles. The smallest absolute Gasteiger partial charge is 0.338 e. The first-order valence-corrected chi connectivity index (χ1v) is 11.9. The van der Waals surface area contributed by atoms with Crippen molar-refractivity contribution in [3.8, 4) is 0 Å². The van der Waals surface area contributed by atoms with Crippen LogP contribution >= 0.6 is 0 Å². The molecule has 4 nitrogen and oxygen atoms in total. The lowest BCUT2D eigenvalue weighted by molar-refractivity contribution is -0.0698. The van der Waals surface area contributed by atoms with Gasteiger partial charge in [0.25, 0.3) is 0 Å². The van der Waals surface area contributed by atoms with Crippen LogP contribution in [0.25, 0.3) is 6.08 Å². The molecule has 2 saturated carbocycles. The van der Waals surface area contributed by atoms with Crippen LogP contribution in [0.4, 0.5) is 0 Å². The van der Waals surface area contributed by atoms with Gasteiger partial charge in [-0.15, -0.1) is 0 Å². The molecule has 3 aliphatic carbocycles. The molecular formula is C30H26O4. The number of fused-ring (bicyclic) bond motifs is 7. The first-order valence-electron chi connectivity index (χ1n) is 11.9. The molecule has 6 rings (SSSR count). The van der Waals surface area contributed by atoms with Crippen LogP contribution in [0.3, 0.4) is 0 Å². The van der Waals surface area contributed by atoms with Gasteiger partial charge in [0, 0.05) is 11.8 Å². The summed E-state index contributed by atoms with van der Waals surface area (Å²) in [5.41, 5.74) is 4.81. The molecule has 2 fully saturated rings. The predicted octanol–water partition coefficient (Wildman–Crippen LogP) is 5.69. The minimum absolute atomic E-state index is 0.123. The summed E-state index contributed by atoms with van der Waals surface area (Å²) in [6, 6.07) is 24.6. The second kappa shape index (κ2) is 8.28. The van der Waals surface area contributed by atoms with Gasteiger partial charge in [0.15, 0.2) is 0 Å². The number of hydrogen-bond acceptors (Lipinski definition) is 4. The van der Waals surface area contributed by atoms with Gasteiger partial charge in [-0.3, -0.25) is 0 Å². The zero-order valence-electron chi connectivity index (χ0n) is 18.8. The number of rotatable bonds is 5. The highest BCUT2D eigenvalue weighted by molar-refractivity contribution is 5.90. The molecule has 0 amide bonds. The molecule has 0 aromatic heterocycles. The third kappa shape index (κ3) is 3.37. The van der Waals surface area contributed by atoms with Crippen LogP contribution in [0.5, 0.6) is 0 Å². The van der Waals surface area contributed by atoms with Gasteiger partial charge in [0.2, 0.25) is 0 Å². The van der Waals surface area contributed by atoms with E-state index < -0.39 is 12.2 Å². The minimum Gasteiger partial charge on any atom is -0.455 e. The number of carbonyl (C=O) groups excluding carboxylic acids is 2. The maximum Gasteiger partial charge on any atom is 0.338 e. The first kappa shape index (κ1) is 20.9. The van der Waals surface area contributed by atoms with Crippen molar-refractivity contribution in [2.75, 3.05) is 0 Å². The van der Waals surface area contributed by atoms with Crippen molar-refractivity contribution in [3.05, 3.63) is 113 Å². The van der Waals surface area contributed by atoms with Crippen molar-refractivity contribution in [1.82, 2.24) is 0 Å². The normalized spacial score (nSPS) is 28.1. The number of ether oxygens (including phenoxy) is 2. The highest BCUT2D eigenvalue weighted by Gasteiger charge is 2.63. The molecule has 2 bridgehead atoms. The van der Waals surface area contributed by atoms with Crippen LogP contribution < -0.4 is 0 Å². The van der Waals surface area contributed by atoms with Crippen LogP contribution in [-0.2, 0) is 15.9 Å². The Balaban J connectivity index is 1.33. The molecule has 34 heavy (non-hydrogen) atoms. The summed E-state index contributed by atoms with van der Waals surface area (Å²) in [6.07, 6.45) is 2.83. The summed E-state index contributed by atoms with van der Waals surface area (Å²) < 4.78 is 12.2. The van der Waals surface area contributed by atoms with Crippen LogP contribution in [-0.4, -0.2) is 24.1 Å². The van der Waals surface area contributed by atoms with E-state index >= 15 is 0 Å². The van der Waals surface area contributed by atoms with Crippen molar-refractivity contribution >= 4 is 18.0 Å². The molecule has 0 radical (unpaired) electrons. The molecule has 170 valence electrons. The van der Waals surface area contributed by atoms with Crippen LogP contribution in [0.1, 0.15) is 49.7 Å². The summed E-state index contributed by atoms with van der Waals surface area (Å²) in [6.45, 7) is 3.92. The molecular weight excluding hydrogens is 424 g/mol. The average Bonchev–Trinajstić information content (AvgIpc) is 3.54. The Kier molecular flexibility index (Phi) is 5.09. The Bertz CT molecular complexity index is 1250. The van der Waals surface area contributed by atoms with E-state index in [4.69, 9.17) is 9.47 Å². The molecule has 0 heterocycles. The Morgan fingerprint density at radius 1 is 0.765 bits per heavy atom. The number of hydrogen-bond donors (Lipinski definition) is 0. The van der Waals surface area contributed by atoms with Gasteiger partial charge < -0.3 is 9.47 Å². The predicted molar refractivity (Wildman–Crippen MR) is 129 cm³/mol. The Morgan fingerprint density at radius 3 is 1.94 bits per heavy atom. The molecule has 0 saturated heterocycles. The minimum atomic E-state index is -0.468. The maximum atomic E-state index is 13.0. The van der Waals surface area contributed by atoms with Crippen molar-refractivity contribution in [3.63, 3.8) is 0 Å². The van der Waals surface area contributed by atoms with Gasteiger partial charge in [0.1, 0.15) is 12.2 Å². The van der Waals surface area contributed by atoms with Crippen LogP contribution in [0.2, 0.25) is 0 Å². The lowest BCUT2D eigenvalue weighted by atomic mass is 9.76. The molecule has 4 heteroatoms. The topological polar surface area (TPSA) is 52.6 Å². The number of carbonyl (C=O) groups is 2. The standard InChI is InChI=1S/C30H26O4/c1-2-18-13-14-21-16-23-24-17-25(26(23)22(21)15-18)28(34-30(32)20-11-7-4-8-12-20)27(24)33-29(31)19-9-5-3-6-10-19/h2-15,23-28H,1,16-17H2/t23-,24?,25?,26?,27?,28?/m0/s1. The van der Waals surface area contributed by atoms with E-state index in [1.165, 1.54) is 11.1 Å². The third-order valence-electron chi connectivity index (χ3n) is 7.91. The summed E-state index contributed by atoms with van der Waals surface area (Å²) in [5, 5.41) is 0. The molecule has 0 spiro atoms. The SMILES string of the molecule is C=Cc1ccc2c(c1)C1C3CC(C(OC(=O)c4ccccc4)C3OC(=O)c3ccccc3)[C@@H]1C2. The van der Waals surface area contributed by atoms with Crippen molar-refractivity contribution in [2.45, 2.75) is 31.0 Å². The van der Waals surface area contributed by atoms with E-state index in [0.29, 0.717) is 23.0 Å². The van der Waals surface area contributed by atoms with E-state index in [0.717, 1.165) is 18.4 Å². The maximum absolute atomic E-state index is 13.0. The monoisotopic (exact) mass is 450 g/mol. The van der Waals surface area contributed by atoms with E-state index in [2.05, 4.69) is 24.8 Å². The summed E-state index contributed by atoms with van der Waals surface area (Å²) >= 11 is 0. The average molecular weight is 451 g/mol. The Labute approximate surface area is 199 Å². The molecule has 6 atom stereocenters. The molecule has 5 unspecified atom stereocenters. The second-order valence-electron chi connectivity index (χ2n) is 9.59. The van der Waals surface area contributed by atoms with E-state index in [9.17, 15) is 9.59 Å². The molecule has 3 aromatic rings. The zero-order valence-corrected chi connectivity index (χ0v) is 18.8. The summed E-state index contributed by atoms with van der Waals surface area (Å²) in [5.74, 6) is 0.252. The number of benzene rings is 3. The van der Waals surface area contributed by atoms with Crippen molar-refractivity contribution < 1.29 is 19.1 Å². The largest absolute Gasteiger partial charge is 0.455 e. The Morgan fingerprint density at radius 2 is 1.35 bits per heavy atom. The van der Waals surface area contributed by atoms with Gasteiger partial charge in [-0.1, -0.05) is 67.3 Å². The van der Waals surface area contributed by atoms with E-state index in [-0.39, 0.29) is 23.8 Å². The van der Waals surface area contributed by atoms with Gasteiger partial charge in [-0.2, -0.15) is 0 Å². The van der Waals surface area contributed by atoms with E-state index in [1.807, 2.05) is 42.5 Å². The molecule has 3 aliphatic rings. The Hall–Kier alpha value is -3.66. The second-order valence-corrected chi connectivity index (χ2v) is 9.59. The molecule has 0 N–H and O–H groups in total. The van der Waals surface area contributed by atoms with Crippen molar-refractivity contribution in [1.29, 1.82) is 0 Å². The van der Waals surface area contributed by atoms with Gasteiger partial charge >= 0.3 is 11.9 Å². The fourth-order valence-corrected chi connectivity index (χ4v) is 6.49. The fraction of sp³-hybridized carbons (Fsp3) is 0.267. The number of esters is 2. The van der Waals surface area contributed by atoms with E-state index in [1.54, 1.807) is 24.3 Å².